The van der Waals surface area contributed by atoms with Gasteiger partial charge in [-0.1, -0.05) is 33.6 Å². The lowest BCUT2D eigenvalue weighted by molar-refractivity contribution is -0.249. The Labute approximate surface area is 182 Å². The molecule has 4 atom stereocenters. The van der Waals surface area contributed by atoms with Gasteiger partial charge in [0.25, 0.3) is 0 Å². The van der Waals surface area contributed by atoms with E-state index in [9.17, 15) is 9.59 Å². The maximum Gasteiger partial charge on any atom is 0.344 e. The minimum Gasteiger partial charge on any atom is -0.456 e. The van der Waals surface area contributed by atoms with Gasteiger partial charge >= 0.3 is 11.9 Å². The summed E-state index contributed by atoms with van der Waals surface area (Å²) >= 11 is 0. The van der Waals surface area contributed by atoms with E-state index in [1.165, 1.54) is 57.8 Å². The first-order valence-corrected chi connectivity index (χ1v) is 12.5. The Morgan fingerprint density at radius 1 is 1.00 bits per heavy atom. The monoisotopic (exact) mass is 418 g/mol. The van der Waals surface area contributed by atoms with E-state index < -0.39 is 5.41 Å². The molecule has 4 bridgehead atoms. The van der Waals surface area contributed by atoms with Crippen LogP contribution in [0.4, 0.5) is 0 Å². The molecule has 5 rings (SSSR count). The van der Waals surface area contributed by atoms with Crippen LogP contribution in [0.3, 0.4) is 0 Å². The summed E-state index contributed by atoms with van der Waals surface area (Å²) < 4.78 is 11.9. The first-order valence-electron chi connectivity index (χ1n) is 12.5. The van der Waals surface area contributed by atoms with Crippen molar-refractivity contribution in [1.82, 2.24) is 0 Å². The van der Waals surface area contributed by atoms with Crippen LogP contribution in [-0.4, -0.2) is 24.1 Å². The minimum absolute atomic E-state index is 0.244. The second-order valence-corrected chi connectivity index (χ2v) is 12.3. The lowest BCUT2D eigenvalue weighted by Gasteiger charge is -2.66. The fourth-order valence-electron chi connectivity index (χ4n) is 7.84. The van der Waals surface area contributed by atoms with Crippen molar-refractivity contribution in [2.24, 2.45) is 40.4 Å². The van der Waals surface area contributed by atoms with Crippen LogP contribution < -0.4 is 0 Å². The number of hydrogen-bond donors (Lipinski definition) is 0. The van der Waals surface area contributed by atoms with Crippen molar-refractivity contribution in [1.29, 1.82) is 0 Å². The van der Waals surface area contributed by atoms with E-state index in [2.05, 4.69) is 13.8 Å². The summed E-state index contributed by atoms with van der Waals surface area (Å²) in [7, 11) is 0. The molecule has 4 nitrogen and oxygen atoms in total. The molecule has 5 aliphatic carbocycles. The zero-order valence-corrected chi connectivity index (χ0v) is 19.8. The average Bonchev–Trinajstić information content (AvgIpc) is 2.67. The Morgan fingerprint density at radius 3 is 2.23 bits per heavy atom. The van der Waals surface area contributed by atoms with Gasteiger partial charge in [-0.15, -0.1) is 0 Å². The van der Waals surface area contributed by atoms with Crippen LogP contribution in [0.1, 0.15) is 98.8 Å². The molecule has 4 heteroatoms. The Kier molecular flexibility index (Phi) is 5.77. The van der Waals surface area contributed by atoms with Crippen LogP contribution in [0.5, 0.6) is 0 Å². The number of esters is 2. The van der Waals surface area contributed by atoms with E-state index in [-0.39, 0.29) is 24.1 Å². The van der Waals surface area contributed by atoms with E-state index in [1.807, 2.05) is 20.8 Å². The van der Waals surface area contributed by atoms with Crippen molar-refractivity contribution in [2.75, 3.05) is 6.61 Å². The predicted molar refractivity (Wildman–Crippen MR) is 117 cm³/mol. The van der Waals surface area contributed by atoms with Crippen molar-refractivity contribution >= 4 is 11.9 Å². The van der Waals surface area contributed by atoms with Gasteiger partial charge < -0.3 is 9.47 Å². The number of rotatable bonds is 6. The highest BCUT2D eigenvalue weighted by Gasteiger charge is 2.65. The fourth-order valence-corrected chi connectivity index (χ4v) is 7.84. The maximum absolute atomic E-state index is 13.1. The summed E-state index contributed by atoms with van der Waals surface area (Å²) in [6.07, 6.45) is 11.7. The molecule has 5 aliphatic rings. The molecule has 0 heterocycles. The second kappa shape index (κ2) is 7.81. The first-order chi connectivity index (χ1) is 14.1. The zero-order chi connectivity index (χ0) is 21.7. The molecule has 5 fully saturated rings. The second-order valence-electron chi connectivity index (χ2n) is 12.3. The Morgan fingerprint density at radius 2 is 1.67 bits per heavy atom. The lowest BCUT2D eigenvalue weighted by atomic mass is 9.42. The highest BCUT2D eigenvalue weighted by molar-refractivity contribution is 5.80. The standard InChI is InChI=1S/C26H42O4/c1-6-24(3,4)23(28)29-16-22(27)30-26(19-9-7-8-17(2)10-19)20-11-18-12-21(26)15-25(5,13-18)14-20/h17-21H,6-16H2,1-5H3. The molecule has 0 aromatic carbocycles. The van der Waals surface area contributed by atoms with E-state index in [0.29, 0.717) is 35.5 Å². The number of carbonyl (C=O) groups excluding carboxylic acids is 2. The molecule has 0 saturated heterocycles. The Hall–Kier alpha value is -1.06. The van der Waals surface area contributed by atoms with Gasteiger partial charge in [0.05, 0.1) is 5.41 Å². The van der Waals surface area contributed by atoms with Crippen molar-refractivity contribution in [3.8, 4) is 0 Å². The van der Waals surface area contributed by atoms with Gasteiger partial charge in [-0.2, -0.15) is 0 Å². The van der Waals surface area contributed by atoms with E-state index in [0.717, 1.165) is 5.92 Å². The highest BCUT2D eigenvalue weighted by Crippen LogP contribution is 2.67. The molecular weight excluding hydrogens is 376 g/mol. The quantitative estimate of drug-likeness (QED) is 0.502. The summed E-state index contributed by atoms with van der Waals surface area (Å²) in [4.78, 5) is 25.4. The van der Waals surface area contributed by atoms with Gasteiger partial charge in [0.1, 0.15) is 5.60 Å². The summed E-state index contributed by atoms with van der Waals surface area (Å²) in [5.74, 6) is 2.31. The average molecular weight is 419 g/mol. The van der Waals surface area contributed by atoms with Gasteiger partial charge in [0, 0.05) is 11.8 Å². The summed E-state index contributed by atoms with van der Waals surface area (Å²) in [6.45, 7) is 10.3. The van der Waals surface area contributed by atoms with E-state index in [4.69, 9.17) is 9.47 Å². The largest absolute Gasteiger partial charge is 0.456 e. The lowest BCUT2D eigenvalue weighted by Crippen LogP contribution is -2.65. The Bertz CT molecular complexity index is 656. The van der Waals surface area contributed by atoms with Crippen LogP contribution in [0, 0.1) is 40.4 Å². The van der Waals surface area contributed by atoms with Crippen molar-refractivity contribution in [3.05, 3.63) is 0 Å². The topological polar surface area (TPSA) is 52.6 Å². The van der Waals surface area contributed by atoms with Gasteiger partial charge in [-0.3, -0.25) is 4.79 Å². The van der Waals surface area contributed by atoms with Crippen LogP contribution >= 0.6 is 0 Å². The van der Waals surface area contributed by atoms with Crippen LogP contribution in [-0.2, 0) is 19.1 Å². The first kappa shape index (κ1) is 22.1. The fraction of sp³-hybridized carbons (Fsp3) is 0.923. The van der Waals surface area contributed by atoms with Gasteiger partial charge in [0.15, 0.2) is 6.61 Å². The summed E-state index contributed by atoms with van der Waals surface area (Å²) in [5.41, 5.74) is -0.451. The molecule has 0 spiro atoms. The molecule has 4 unspecified atom stereocenters. The maximum atomic E-state index is 13.1. The van der Waals surface area contributed by atoms with E-state index in [1.54, 1.807) is 0 Å². The number of hydrogen-bond acceptors (Lipinski definition) is 4. The summed E-state index contributed by atoms with van der Waals surface area (Å²) in [5, 5.41) is 0. The number of ether oxygens (including phenoxy) is 2. The normalized spacial score (nSPS) is 42.8. The molecule has 30 heavy (non-hydrogen) atoms. The zero-order valence-electron chi connectivity index (χ0n) is 19.8. The molecule has 0 amide bonds. The highest BCUT2D eigenvalue weighted by atomic mass is 16.6. The van der Waals surface area contributed by atoms with Gasteiger partial charge in [-0.25, -0.2) is 4.79 Å². The molecule has 0 radical (unpaired) electrons. The Balaban J connectivity index is 1.54. The predicted octanol–water partition coefficient (Wildman–Crippen LogP) is 5.92. The summed E-state index contributed by atoms with van der Waals surface area (Å²) in [6, 6.07) is 0. The molecule has 170 valence electrons. The SMILES string of the molecule is CCC(C)(C)C(=O)OCC(=O)OC1(C2CCCC(C)C2)C2CC3CC1CC(C)(C3)C2. The molecular formula is C26H42O4. The third-order valence-electron chi connectivity index (χ3n) is 9.39. The van der Waals surface area contributed by atoms with Crippen LogP contribution in [0.2, 0.25) is 0 Å². The molecule has 0 aromatic heterocycles. The smallest absolute Gasteiger partial charge is 0.344 e. The molecule has 0 aliphatic heterocycles. The van der Waals surface area contributed by atoms with Crippen molar-refractivity contribution in [3.63, 3.8) is 0 Å². The molecule has 0 aromatic rings. The van der Waals surface area contributed by atoms with Crippen LogP contribution in [0.15, 0.2) is 0 Å². The minimum atomic E-state index is -0.562. The van der Waals surface area contributed by atoms with Crippen LogP contribution in [0.25, 0.3) is 0 Å². The van der Waals surface area contributed by atoms with Crippen molar-refractivity contribution in [2.45, 2.75) is 104 Å². The molecule has 5 saturated carbocycles. The van der Waals surface area contributed by atoms with Gasteiger partial charge in [-0.05, 0) is 88.4 Å². The van der Waals surface area contributed by atoms with E-state index >= 15 is 0 Å². The third kappa shape index (κ3) is 3.81. The molecule has 0 N–H and O–H groups in total. The van der Waals surface area contributed by atoms with Gasteiger partial charge in [0.2, 0.25) is 0 Å². The van der Waals surface area contributed by atoms with Crippen molar-refractivity contribution < 1.29 is 19.1 Å². The third-order valence-corrected chi connectivity index (χ3v) is 9.39. The number of carbonyl (C=O) groups is 2.